The summed E-state index contributed by atoms with van der Waals surface area (Å²) in [5.41, 5.74) is 11.1. The fraction of sp³-hybridized carbons (Fsp3) is 0.875. The Labute approximate surface area is 66.1 Å². The van der Waals surface area contributed by atoms with Crippen molar-refractivity contribution in [2.75, 3.05) is 0 Å². The van der Waals surface area contributed by atoms with E-state index in [1.807, 2.05) is 0 Å². The predicted molar refractivity (Wildman–Crippen MR) is 41.5 cm³/mol. The van der Waals surface area contributed by atoms with E-state index in [1.165, 1.54) is 6.42 Å². The van der Waals surface area contributed by atoms with Crippen LogP contribution in [0.25, 0.3) is 0 Å². The maximum absolute atomic E-state index is 10.9. The highest BCUT2D eigenvalue weighted by Gasteiger charge is 2.48. The van der Waals surface area contributed by atoms with Crippen LogP contribution in [-0.4, -0.2) is 11.9 Å². The van der Waals surface area contributed by atoms with Crippen molar-refractivity contribution in [1.82, 2.24) is 0 Å². The lowest BCUT2D eigenvalue weighted by Crippen LogP contribution is -2.43. The van der Waals surface area contributed by atoms with Gasteiger partial charge in [0.15, 0.2) is 0 Å². The van der Waals surface area contributed by atoms with E-state index in [0.29, 0.717) is 11.8 Å². The lowest BCUT2D eigenvalue weighted by atomic mass is 9.84. The lowest BCUT2D eigenvalue weighted by Gasteiger charge is -2.24. The second-order valence-electron chi connectivity index (χ2n) is 3.84. The van der Waals surface area contributed by atoms with Crippen molar-refractivity contribution >= 4 is 5.91 Å². The molecule has 2 bridgehead atoms. The van der Waals surface area contributed by atoms with Crippen LogP contribution in [0, 0.1) is 17.8 Å². The van der Waals surface area contributed by atoms with E-state index in [0.717, 1.165) is 12.8 Å². The van der Waals surface area contributed by atoms with Gasteiger partial charge in [0.25, 0.3) is 0 Å². The van der Waals surface area contributed by atoms with Crippen molar-refractivity contribution in [3.05, 3.63) is 0 Å². The summed E-state index contributed by atoms with van der Waals surface area (Å²) in [5, 5.41) is 0. The Bertz CT molecular complexity index is 191. The molecule has 0 aliphatic heterocycles. The Kier molecular flexibility index (Phi) is 1.42. The zero-order valence-corrected chi connectivity index (χ0v) is 6.49. The number of hydrogen-bond acceptors (Lipinski definition) is 2. The Hall–Kier alpha value is -0.570. The smallest absolute Gasteiger partial charge is 0.222 e. The Morgan fingerprint density at radius 2 is 1.91 bits per heavy atom. The molecule has 0 unspecified atom stereocenters. The first-order chi connectivity index (χ1) is 5.20. The minimum absolute atomic E-state index is 0.0197. The molecule has 0 aromatic carbocycles. The Morgan fingerprint density at radius 3 is 2.27 bits per heavy atom. The van der Waals surface area contributed by atoms with Gasteiger partial charge < -0.3 is 11.5 Å². The second kappa shape index (κ2) is 2.21. The van der Waals surface area contributed by atoms with Crippen LogP contribution in [0.4, 0.5) is 0 Å². The van der Waals surface area contributed by atoms with Gasteiger partial charge in [-0.2, -0.15) is 0 Å². The van der Waals surface area contributed by atoms with Gasteiger partial charge in [0, 0.05) is 6.04 Å². The van der Waals surface area contributed by atoms with Crippen LogP contribution in [-0.2, 0) is 4.79 Å². The van der Waals surface area contributed by atoms with E-state index >= 15 is 0 Å². The molecule has 0 heterocycles. The van der Waals surface area contributed by atoms with Crippen molar-refractivity contribution in [2.45, 2.75) is 25.3 Å². The van der Waals surface area contributed by atoms with Gasteiger partial charge in [-0.3, -0.25) is 4.79 Å². The first-order valence-corrected chi connectivity index (χ1v) is 4.25. The summed E-state index contributed by atoms with van der Waals surface area (Å²) in [4.78, 5) is 10.9. The van der Waals surface area contributed by atoms with Crippen LogP contribution in [0.15, 0.2) is 0 Å². The van der Waals surface area contributed by atoms with Crippen molar-refractivity contribution < 1.29 is 4.79 Å². The average molecular weight is 154 g/mol. The van der Waals surface area contributed by atoms with Crippen LogP contribution >= 0.6 is 0 Å². The minimum Gasteiger partial charge on any atom is -0.369 e. The maximum atomic E-state index is 10.9. The van der Waals surface area contributed by atoms with Gasteiger partial charge in [-0.1, -0.05) is 0 Å². The molecule has 0 radical (unpaired) electrons. The summed E-state index contributed by atoms with van der Waals surface area (Å²) in [7, 11) is 0. The SMILES string of the molecule is NC(=O)[C@@H]1[C@@H]2CC[C@@H](C2)[C@@H]1N. The third kappa shape index (κ3) is 0.872. The predicted octanol–water partition coefficient (Wildman–Crippen LogP) is -0.155. The highest BCUT2D eigenvalue weighted by molar-refractivity contribution is 5.78. The largest absolute Gasteiger partial charge is 0.369 e. The molecule has 11 heavy (non-hydrogen) atoms. The Balaban J connectivity index is 2.17. The number of hydrogen-bond donors (Lipinski definition) is 2. The molecule has 3 nitrogen and oxygen atoms in total. The van der Waals surface area contributed by atoms with E-state index < -0.39 is 0 Å². The number of primary amides is 1. The highest BCUT2D eigenvalue weighted by Crippen LogP contribution is 2.47. The number of fused-ring (bicyclic) bond motifs is 2. The molecule has 2 saturated carbocycles. The molecule has 0 aromatic rings. The van der Waals surface area contributed by atoms with E-state index in [1.54, 1.807) is 0 Å². The molecule has 2 aliphatic rings. The molecule has 3 heteroatoms. The number of carbonyl (C=O) groups is 1. The second-order valence-corrected chi connectivity index (χ2v) is 3.84. The summed E-state index contributed by atoms with van der Waals surface area (Å²) in [6, 6.07) is 0.0613. The van der Waals surface area contributed by atoms with E-state index in [-0.39, 0.29) is 17.9 Å². The third-order valence-electron chi connectivity index (χ3n) is 3.31. The fourth-order valence-corrected chi connectivity index (χ4v) is 2.76. The molecule has 4 N–H and O–H groups in total. The zero-order valence-electron chi connectivity index (χ0n) is 6.49. The molecule has 62 valence electrons. The van der Waals surface area contributed by atoms with Crippen molar-refractivity contribution in [3.8, 4) is 0 Å². The summed E-state index contributed by atoms with van der Waals surface area (Å²) in [6.45, 7) is 0. The number of carbonyl (C=O) groups excluding carboxylic acids is 1. The van der Waals surface area contributed by atoms with Crippen LogP contribution in [0.2, 0.25) is 0 Å². The van der Waals surface area contributed by atoms with Gasteiger partial charge in [0.05, 0.1) is 5.92 Å². The lowest BCUT2D eigenvalue weighted by molar-refractivity contribution is -0.123. The highest BCUT2D eigenvalue weighted by atomic mass is 16.1. The molecular formula is C8H14N2O. The van der Waals surface area contributed by atoms with E-state index in [2.05, 4.69) is 0 Å². The zero-order chi connectivity index (χ0) is 8.01. The third-order valence-corrected chi connectivity index (χ3v) is 3.31. The molecule has 2 fully saturated rings. The van der Waals surface area contributed by atoms with E-state index in [4.69, 9.17) is 11.5 Å². The molecule has 0 saturated heterocycles. The first kappa shape index (κ1) is 7.10. The maximum Gasteiger partial charge on any atom is 0.222 e. The monoisotopic (exact) mass is 154 g/mol. The van der Waals surface area contributed by atoms with Gasteiger partial charge >= 0.3 is 0 Å². The normalized spacial score (nSPS) is 48.1. The molecule has 1 amide bonds. The van der Waals surface area contributed by atoms with Crippen molar-refractivity contribution in [3.63, 3.8) is 0 Å². The van der Waals surface area contributed by atoms with Crippen LogP contribution in [0.5, 0.6) is 0 Å². The summed E-state index contributed by atoms with van der Waals surface area (Å²) in [6.07, 6.45) is 3.50. The van der Waals surface area contributed by atoms with Gasteiger partial charge in [-0.25, -0.2) is 0 Å². The average Bonchev–Trinajstić information content (AvgIpc) is 2.44. The molecular weight excluding hydrogens is 140 g/mol. The van der Waals surface area contributed by atoms with Gasteiger partial charge in [0.2, 0.25) is 5.91 Å². The molecule has 2 rings (SSSR count). The number of nitrogens with two attached hydrogens (primary N) is 2. The summed E-state index contributed by atoms with van der Waals surface area (Å²) < 4.78 is 0. The topological polar surface area (TPSA) is 69.1 Å². The Morgan fingerprint density at radius 1 is 1.27 bits per heavy atom. The molecule has 0 aromatic heterocycles. The van der Waals surface area contributed by atoms with Crippen molar-refractivity contribution in [2.24, 2.45) is 29.2 Å². The fourth-order valence-electron chi connectivity index (χ4n) is 2.76. The van der Waals surface area contributed by atoms with Crippen LogP contribution in [0.1, 0.15) is 19.3 Å². The van der Waals surface area contributed by atoms with Gasteiger partial charge in [-0.05, 0) is 31.1 Å². The van der Waals surface area contributed by atoms with Crippen LogP contribution < -0.4 is 11.5 Å². The number of rotatable bonds is 1. The van der Waals surface area contributed by atoms with Gasteiger partial charge in [0.1, 0.15) is 0 Å². The summed E-state index contributed by atoms with van der Waals surface area (Å²) >= 11 is 0. The van der Waals surface area contributed by atoms with Crippen LogP contribution in [0.3, 0.4) is 0 Å². The molecule has 2 aliphatic carbocycles. The quantitative estimate of drug-likeness (QED) is 0.551. The number of amides is 1. The summed E-state index contributed by atoms with van der Waals surface area (Å²) in [5.74, 6) is 0.878. The van der Waals surface area contributed by atoms with E-state index in [9.17, 15) is 4.79 Å². The molecule has 4 atom stereocenters. The van der Waals surface area contributed by atoms with Gasteiger partial charge in [-0.15, -0.1) is 0 Å². The molecule has 0 spiro atoms. The minimum atomic E-state index is -0.190. The standard InChI is InChI=1S/C8H14N2O/c9-7-5-2-1-4(3-5)6(7)8(10)11/h4-7H,1-3,9H2,(H2,10,11)/t4-,5+,6-,7+/m1/s1. The first-order valence-electron chi connectivity index (χ1n) is 4.25. The van der Waals surface area contributed by atoms with Crippen molar-refractivity contribution in [1.29, 1.82) is 0 Å².